The summed E-state index contributed by atoms with van der Waals surface area (Å²) in [6, 6.07) is -0.835. The molecule has 0 saturated heterocycles. The van der Waals surface area contributed by atoms with E-state index in [0.29, 0.717) is 11.4 Å². The topological polar surface area (TPSA) is 136 Å². The number of carboxylic acid groups (broad SMARTS) is 2. The Hall–Kier alpha value is -2.32. The van der Waals surface area contributed by atoms with Gasteiger partial charge in [0, 0.05) is 19.5 Å². The second-order valence-electron chi connectivity index (χ2n) is 3.98. The molecule has 4 N–H and O–H groups in total. The Kier molecular flexibility index (Phi) is 8.48. The minimum atomic E-state index is -1.32. The number of nitrogens with zero attached hydrogens (tertiary/aromatic N) is 1. The van der Waals surface area contributed by atoms with E-state index in [1.54, 1.807) is 0 Å². The van der Waals surface area contributed by atoms with E-state index in [9.17, 15) is 19.2 Å². The summed E-state index contributed by atoms with van der Waals surface area (Å²) in [7, 11) is 0. The van der Waals surface area contributed by atoms with Crippen LogP contribution in [0.5, 0.6) is 0 Å². The van der Waals surface area contributed by atoms with Crippen LogP contribution in [0.1, 0.15) is 19.8 Å². The molecule has 0 aliphatic heterocycles. The van der Waals surface area contributed by atoms with E-state index in [1.807, 2.05) is 6.92 Å². The highest BCUT2D eigenvalue weighted by Gasteiger charge is 2.19. The Balaban J connectivity index is 4.15. The zero-order chi connectivity index (χ0) is 15.5. The van der Waals surface area contributed by atoms with Crippen molar-refractivity contribution >= 4 is 23.9 Å². The highest BCUT2D eigenvalue weighted by atomic mass is 16.4. The van der Waals surface area contributed by atoms with Crippen molar-refractivity contribution in [2.75, 3.05) is 26.2 Å². The number of carboxylic acids is 2. The van der Waals surface area contributed by atoms with Crippen molar-refractivity contribution in [3.05, 3.63) is 0 Å². The lowest BCUT2D eigenvalue weighted by Crippen LogP contribution is -2.46. The highest BCUT2D eigenvalue weighted by molar-refractivity contribution is 5.84. The molecular weight excluding hydrogens is 270 g/mol. The minimum Gasteiger partial charge on any atom is -0.480 e. The van der Waals surface area contributed by atoms with Crippen LogP contribution in [0.4, 0.5) is 4.79 Å². The molecule has 0 unspecified atom stereocenters. The van der Waals surface area contributed by atoms with Gasteiger partial charge in [0.2, 0.25) is 5.91 Å². The lowest BCUT2D eigenvalue weighted by atomic mass is 10.3. The summed E-state index contributed by atoms with van der Waals surface area (Å²) in [5, 5.41) is 22.1. The second kappa shape index (κ2) is 9.59. The van der Waals surface area contributed by atoms with Crippen LogP contribution < -0.4 is 10.6 Å². The number of hydrogen-bond donors (Lipinski definition) is 4. The van der Waals surface area contributed by atoms with Crippen LogP contribution in [0, 0.1) is 0 Å². The van der Waals surface area contributed by atoms with Gasteiger partial charge in [-0.3, -0.25) is 14.4 Å². The zero-order valence-corrected chi connectivity index (χ0v) is 11.2. The van der Waals surface area contributed by atoms with Crippen LogP contribution >= 0.6 is 0 Å². The van der Waals surface area contributed by atoms with Crippen molar-refractivity contribution in [1.29, 1.82) is 0 Å². The number of nitrogens with one attached hydrogen (secondary N) is 2. The summed E-state index contributed by atoms with van der Waals surface area (Å²) in [4.78, 5) is 44.5. The van der Waals surface area contributed by atoms with E-state index in [0.717, 1.165) is 6.42 Å². The molecule has 0 aliphatic rings. The summed E-state index contributed by atoms with van der Waals surface area (Å²) in [6.45, 7) is 0.999. The van der Waals surface area contributed by atoms with Gasteiger partial charge in [0.1, 0.15) is 13.1 Å². The molecule has 0 aromatic heterocycles. The average molecular weight is 289 g/mol. The van der Waals surface area contributed by atoms with E-state index < -0.39 is 31.1 Å². The fourth-order valence-electron chi connectivity index (χ4n) is 1.27. The van der Waals surface area contributed by atoms with Gasteiger partial charge in [0.25, 0.3) is 0 Å². The van der Waals surface area contributed by atoms with Gasteiger partial charge in [-0.05, 0) is 6.42 Å². The molecule has 9 heteroatoms. The fourth-order valence-corrected chi connectivity index (χ4v) is 1.27. The lowest BCUT2D eigenvalue weighted by Gasteiger charge is -2.18. The Morgan fingerprint density at radius 3 is 1.95 bits per heavy atom. The first-order chi connectivity index (χ1) is 9.36. The van der Waals surface area contributed by atoms with Crippen molar-refractivity contribution in [2.24, 2.45) is 0 Å². The number of carbonyl (C=O) groups excluding carboxylic acids is 2. The third-order valence-corrected chi connectivity index (χ3v) is 2.14. The molecular formula is C11H19N3O6. The van der Waals surface area contributed by atoms with Gasteiger partial charge in [0.15, 0.2) is 0 Å². The van der Waals surface area contributed by atoms with Crippen molar-refractivity contribution in [1.82, 2.24) is 15.5 Å². The predicted octanol–water partition coefficient (Wildman–Crippen LogP) is -0.916. The zero-order valence-electron chi connectivity index (χ0n) is 11.2. The first kappa shape index (κ1) is 17.7. The molecule has 0 bridgehead atoms. The number of urea groups is 1. The normalized spacial score (nSPS) is 9.65. The van der Waals surface area contributed by atoms with Gasteiger partial charge in [0.05, 0.1) is 0 Å². The maximum Gasteiger partial charge on any atom is 0.323 e. The van der Waals surface area contributed by atoms with Crippen LogP contribution in [0.15, 0.2) is 0 Å². The molecule has 0 aliphatic carbocycles. The van der Waals surface area contributed by atoms with Gasteiger partial charge < -0.3 is 25.7 Å². The van der Waals surface area contributed by atoms with E-state index in [-0.39, 0.29) is 18.9 Å². The summed E-state index contributed by atoms with van der Waals surface area (Å²) in [5.74, 6) is -2.88. The Morgan fingerprint density at radius 1 is 0.950 bits per heavy atom. The maximum absolute atomic E-state index is 11.6. The fraction of sp³-hybridized carbons (Fsp3) is 0.636. The van der Waals surface area contributed by atoms with Crippen LogP contribution in [0.2, 0.25) is 0 Å². The van der Waals surface area contributed by atoms with Gasteiger partial charge >= 0.3 is 18.0 Å². The smallest absolute Gasteiger partial charge is 0.323 e. The average Bonchev–Trinajstić information content (AvgIpc) is 2.34. The van der Waals surface area contributed by atoms with Gasteiger partial charge in [-0.1, -0.05) is 6.92 Å². The molecule has 0 radical (unpaired) electrons. The largest absolute Gasteiger partial charge is 0.480 e. The number of carbonyl (C=O) groups is 4. The van der Waals surface area contributed by atoms with Crippen LogP contribution in [-0.4, -0.2) is 65.2 Å². The monoisotopic (exact) mass is 289 g/mol. The van der Waals surface area contributed by atoms with Gasteiger partial charge in [-0.15, -0.1) is 0 Å². The van der Waals surface area contributed by atoms with E-state index in [4.69, 9.17) is 10.2 Å². The lowest BCUT2D eigenvalue weighted by molar-refractivity contribution is -0.140. The molecule has 20 heavy (non-hydrogen) atoms. The van der Waals surface area contributed by atoms with Crippen molar-refractivity contribution < 1.29 is 29.4 Å². The molecule has 0 rings (SSSR count). The number of rotatable bonds is 9. The first-order valence-corrected chi connectivity index (χ1v) is 6.09. The maximum atomic E-state index is 11.6. The van der Waals surface area contributed by atoms with Crippen LogP contribution in [0.3, 0.4) is 0 Å². The molecule has 0 heterocycles. The third kappa shape index (κ3) is 8.72. The Morgan fingerprint density at radius 2 is 1.50 bits per heavy atom. The van der Waals surface area contributed by atoms with Gasteiger partial charge in [-0.2, -0.15) is 0 Å². The molecule has 3 amide bonds. The summed E-state index contributed by atoms with van der Waals surface area (Å²) >= 11 is 0. The minimum absolute atomic E-state index is 0.00409. The van der Waals surface area contributed by atoms with Gasteiger partial charge in [-0.25, -0.2) is 4.79 Å². The summed E-state index contributed by atoms with van der Waals surface area (Å²) in [5.41, 5.74) is 0. The van der Waals surface area contributed by atoms with Crippen molar-refractivity contribution in [2.45, 2.75) is 19.8 Å². The quantitative estimate of drug-likeness (QED) is 0.433. The van der Waals surface area contributed by atoms with Crippen LogP contribution in [-0.2, 0) is 14.4 Å². The second-order valence-corrected chi connectivity index (χ2v) is 3.98. The van der Waals surface area contributed by atoms with E-state index >= 15 is 0 Å². The third-order valence-electron chi connectivity index (χ3n) is 2.14. The predicted molar refractivity (Wildman–Crippen MR) is 68.2 cm³/mol. The summed E-state index contributed by atoms with van der Waals surface area (Å²) in [6.07, 6.45) is 0.836. The van der Waals surface area contributed by atoms with Crippen molar-refractivity contribution in [3.8, 4) is 0 Å². The van der Waals surface area contributed by atoms with Crippen LogP contribution in [0.25, 0.3) is 0 Å². The SMILES string of the molecule is CCCNC(=O)CCNC(=O)N(CC(=O)O)CC(=O)O. The number of amides is 3. The molecule has 9 nitrogen and oxygen atoms in total. The Labute approximate surface area is 115 Å². The molecule has 0 aromatic carbocycles. The molecule has 114 valence electrons. The standard InChI is InChI=1S/C11H19N3O6/c1-2-4-12-8(15)3-5-13-11(20)14(6-9(16)17)7-10(18)19/h2-7H2,1H3,(H,12,15)(H,13,20)(H,16,17)(H,18,19). The number of aliphatic carboxylic acids is 2. The summed E-state index contributed by atoms with van der Waals surface area (Å²) < 4.78 is 0. The molecule has 0 saturated carbocycles. The molecule has 0 atom stereocenters. The molecule has 0 fully saturated rings. The number of hydrogen-bond acceptors (Lipinski definition) is 4. The van der Waals surface area contributed by atoms with E-state index in [1.165, 1.54) is 0 Å². The molecule has 0 spiro atoms. The highest BCUT2D eigenvalue weighted by Crippen LogP contribution is 1.91. The van der Waals surface area contributed by atoms with E-state index in [2.05, 4.69) is 10.6 Å². The Bertz CT molecular complexity index is 355. The first-order valence-electron chi connectivity index (χ1n) is 6.09. The van der Waals surface area contributed by atoms with Crippen molar-refractivity contribution in [3.63, 3.8) is 0 Å². The molecule has 0 aromatic rings.